The molecule has 1 saturated heterocycles. The summed E-state index contributed by atoms with van der Waals surface area (Å²) < 4.78 is 31.2. The fraction of sp³-hybridized carbons (Fsp3) is 0.263. The van der Waals surface area contributed by atoms with Gasteiger partial charge in [0.05, 0.1) is 12.6 Å². The zero-order chi connectivity index (χ0) is 19.4. The molecule has 1 unspecified atom stereocenters. The van der Waals surface area contributed by atoms with Crippen molar-refractivity contribution in [3.63, 3.8) is 0 Å². The highest BCUT2D eigenvalue weighted by Gasteiger charge is 2.21. The minimum Gasteiger partial charge on any atom is -0.448 e. The molecule has 0 aromatic heterocycles. The van der Waals surface area contributed by atoms with Crippen molar-refractivity contribution in [3.8, 4) is 0 Å². The zero-order valence-electron chi connectivity index (χ0n) is 14.7. The van der Waals surface area contributed by atoms with Crippen LogP contribution in [0.15, 0.2) is 42.5 Å². The maximum atomic E-state index is 13.3. The number of hydrogen-bond acceptors (Lipinski definition) is 3. The molecule has 142 valence electrons. The molecule has 0 bridgehead atoms. The second kappa shape index (κ2) is 8.03. The van der Waals surface area contributed by atoms with Crippen molar-refractivity contribution in [1.29, 1.82) is 0 Å². The molecule has 2 N–H and O–H groups in total. The summed E-state index contributed by atoms with van der Waals surface area (Å²) in [6, 6.07) is 9.58. The van der Waals surface area contributed by atoms with Crippen LogP contribution in [0.4, 0.5) is 24.1 Å². The Morgan fingerprint density at radius 1 is 1.22 bits per heavy atom. The van der Waals surface area contributed by atoms with Crippen LogP contribution in [0.5, 0.6) is 0 Å². The molecule has 1 heterocycles. The zero-order valence-corrected chi connectivity index (χ0v) is 14.7. The van der Waals surface area contributed by atoms with Gasteiger partial charge in [-0.25, -0.2) is 18.4 Å². The fourth-order valence-corrected chi connectivity index (χ4v) is 2.77. The quantitative estimate of drug-likeness (QED) is 0.835. The molecule has 6 nitrogen and oxygen atoms in total. The Morgan fingerprint density at radius 2 is 2.04 bits per heavy atom. The van der Waals surface area contributed by atoms with Gasteiger partial charge in [0.25, 0.3) is 0 Å². The predicted molar refractivity (Wildman–Crippen MR) is 95.1 cm³/mol. The van der Waals surface area contributed by atoms with Crippen LogP contribution in [-0.2, 0) is 11.3 Å². The molecule has 0 aliphatic carbocycles. The summed E-state index contributed by atoms with van der Waals surface area (Å²) in [4.78, 5) is 25.3. The van der Waals surface area contributed by atoms with E-state index in [1.165, 1.54) is 6.07 Å². The second-order valence-corrected chi connectivity index (χ2v) is 6.23. The molecule has 1 aliphatic rings. The number of ether oxygens (including phenoxy) is 1. The minimum absolute atomic E-state index is 0.355. The number of anilines is 1. The van der Waals surface area contributed by atoms with Gasteiger partial charge in [-0.05, 0) is 42.3 Å². The lowest BCUT2D eigenvalue weighted by Crippen LogP contribution is -2.31. The Hall–Kier alpha value is -3.16. The molecule has 0 saturated carbocycles. The van der Waals surface area contributed by atoms with E-state index in [9.17, 15) is 18.4 Å². The Kier molecular flexibility index (Phi) is 5.54. The molecular weight excluding hydrogens is 356 g/mol. The summed E-state index contributed by atoms with van der Waals surface area (Å²) in [5, 5.41) is 5.36. The first-order valence-electron chi connectivity index (χ1n) is 8.45. The van der Waals surface area contributed by atoms with Crippen LogP contribution in [0.1, 0.15) is 24.1 Å². The van der Waals surface area contributed by atoms with Crippen LogP contribution in [-0.4, -0.2) is 30.2 Å². The summed E-state index contributed by atoms with van der Waals surface area (Å²) in [5.74, 6) is -1.90. The van der Waals surface area contributed by atoms with E-state index in [0.29, 0.717) is 30.9 Å². The number of halogens is 2. The molecule has 1 aliphatic heterocycles. The minimum atomic E-state index is -0.963. The molecule has 2 aromatic rings. The van der Waals surface area contributed by atoms with Crippen molar-refractivity contribution in [3.05, 3.63) is 65.2 Å². The summed E-state index contributed by atoms with van der Waals surface area (Å²) in [5.41, 5.74) is 1.85. The third-order valence-electron chi connectivity index (χ3n) is 4.19. The Bertz CT molecular complexity index is 860. The lowest BCUT2D eigenvalue weighted by atomic mass is 10.1. The molecule has 27 heavy (non-hydrogen) atoms. The van der Waals surface area contributed by atoms with Gasteiger partial charge >= 0.3 is 12.1 Å². The van der Waals surface area contributed by atoms with Gasteiger partial charge in [-0.1, -0.05) is 18.2 Å². The number of hydrogen-bond donors (Lipinski definition) is 2. The van der Waals surface area contributed by atoms with Crippen molar-refractivity contribution >= 4 is 17.8 Å². The van der Waals surface area contributed by atoms with Crippen molar-refractivity contribution in [2.45, 2.75) is 19.5 Å². The van der Waals surface area contributed by atoms with Crippen molar-refractivity contribution in [1.82, 2.24) is 10.2 Å². The summed E-state index contributed by atoms with van der Waals surface area (Å²) in [6.07, 6.45) is -0.355. The van der Waals surface area contributed by atoms with E-state index in [1.54, 1.807) is 30.0 Å². The first-order valence-corrected chi connectivity index (χ1v) is 8.45. The predicted octanol–water partition coefficient (Wildman–Crippen LogP) is 3.80. The van der Waals surface area contributed by atoms with Gasteiger partial charge < -0.3 is 20.3 Å². The number of cyclic esters (lactones) is 1. The first kappa shape index (κ1) is 18.6. The van der Waals surface area contributed by atoms with E-state index in [-0.39, 0.29) is 6.09 Å². The van der Waals surface area contributed by atoms with Crippen LogP contribution in [0.25, 0.3) is 0 Å². The van der Waals surface area contributed by atoms with E-state index < -0.39 is 23.7 Å². The molecule has 3 rings (SSSR count). The van der Waals surface area contributed by atoms with Crippen LogP contribution < -0.4 is 10.6 Å². The third-order valence-corrected chi connectivity index (χ3v) is 4.19. The van der Waals surface area contributed by atoms with Crippen LogP contribution in [0.3, 0.4) is 0 Å². The first-order chi connectivity index (χ1) is 12.9. The number of carbonyl (C=O) groups is 2. The summed E-state index contributed by atoms with van der Waals surface area (Å²) >= 11 is 0. The highest BCUT2D eigenvalue weighted by molar-refractivity contribution is 5.89. The summed E-state index contributed by atoms with van der Waals surface area (Å²) in [6.45, 7) is 2.96. The molecule has 1 fully saturated rings. The third kappa shape index (κ3) is 4.72. The van der Waals surface area contributed by atoms with Gasteiger partial charge in [-0.15, -0.1) is 0 Å². The number of benzene rings is 2. The average Bonchev–Trinajstić information content (AvgIpc) is 3.02. The standard InChI is InChI=1S/C19H19F2N3O3/c1-12(14-5-6-16(20)17(21)10-14)22-18(25)23-15-4-2-3-13(9-15)11-24-7-8-27-19(24)26/h2-6,9-10,12H,7-8,11H2,1H3,(H2,22,23,25). The van der Waals surface area contributed by atoms with Gasteiger partial charge in [0, 0.05) is 12.2 Å². The van der Waals surface area contributed by atoms with Crippen LogP contribution in [0.2, 0.25) is 0 Å². The highest BCUT2D eigenvalue weighted by Crippen LogP contribution is 2.18. The Morgan fingerprint density at radius 3 is 2.74 bits per heavy atom. The van der Waals surface area contributed by atoms with Crippen molar-refractivity contribution < 1.29 is 23.1 Å². The lowest BCUT2D eigenvalue weighted by molar-refractivity contribution is 0.157. The molecule has 0 radical (unpaired) electrons. The maximum Gasteiger partial charge on any atom is 0.410 e. The van der Waals surface area contributed by atoms with E-state index in [4.69, 9.17) is 4.74 Å². The number of rotatable bonds is 5. The van der Waals surface area contributed by atoms with E-state index in [2.05, 4.69) is 10.6 Å². The number of carbonyl (C=O) groups excluding carboxylic acids is 2. The number of nitrogens with one attached hydrogen (secondary N) is 2. The van der Waals surface area contributed by atoms with E-state index >= 15 is 0 Å². The van der Waals surface area contributed by atoms with Gasteiger partial charge in [-0.2, -0.15) is 0 Å². The maximum absolute atomic E-state index is 13.3. The van der Waals surface area contributed by atoms with Crippen LogP contribution >= 0.6 is 0 Å². The van der Waals surface area contributed by atoms with Crippen LogP contribution in [0, 0.1) is 11.6 Å². The lowest BCUT2D eigenvalue weighted by Gasteiger charge is -2.16. The Balaban J connectivity index is 1.59. The fourth-order valence-electron chi connectivity index (χ4n) is 2.77. The highest BCUT2D eigenvalue weighted by atomic mass is 19.2. The van der Waals surface area contributed by atoms with Crippen molar-refractivity contribution in [2.75, 3.05) is 18.5 Å². The molecule has 1 atom stereocenters. The van der Waals surface area contributed by atoms with Crippen molar-refractivity contribution in [2.24, 2.45) is 0 Å². The van der Waals surface area contributed by atoms with E-state index in [1.807, 2.05) is 6.07 Å². The SMILES string of the molecule is CC(NC(=O)Nc1cccc(CN2CCOC2=O)c1)c1ccc(F)c(F)c1. The van der Waals surface area contributed by atoms with Gasteiger partial charge in [0.15, 0.2) is 11.6 Å². The van der Waals surface area contributed by atoms with Gasteiger partial charge in [0.2, 0.25) is 0 Å². The smallest absolute Gasteiger partial charge is 0.410 e. The molecule has 3 amide bonds. The molecule has 0 spiro atoms. The van der Waals surface area contributed by atoms with Gasteiger partial charge in [0.1, 0.15) is 6.61 Å². The second-order valence-electron chi connectivity index (χ2n) is 6.23. The number of nitrogens with zero attached hydrogens (tertiary/aromatic N) is 1. The largest absolute Gasteiger partial charge is 0.448 e. The average molecular weight is 375 g/mol. The van der Waals surface area contributed by atoms with Gasteiger partial charge in [-0.3, -0.25) is 0 Å². The summed E-state index contributed by atoms with van der Waals surface area (Å²) in [7, 11) is 0. The molecular formula is C19H19F2N3O3. The topological polar surface area (TPSA) is 70.7 Å². The number of urea groups is 1. The Labute approximate surface area is 155 Å². The van der Waals surface area contributed by atoms with E-state index in [0.717, 1.165) is 17.7 Å². The number of amides is 3. The normalized spacial score (nSPS) is 14.6. The monoisotopic (exact) mass is 375 g/mol. The molecule has 2 aromatic carbocycles. The molecule has 8 heteroatoms.